The van der Waals surface area contributed by atoms with E-state index in [-0.39, 0.29) is 28.6 Å². The molecule has 3 aromatic rings. The van der Waals surface area contributed by atoms with Gasteiger partial charge in [-0.25, -0.2) is 13.2 Å². The predicted octanol–water partition coefficient (Wildman–Crippen LogP) is 7.24. The average Bonchev–Trinajstić information content (AvgIpc) is 3.58. The summed E-state index contributed by atoms with van der Waals surface area (Å²) in [5.41, 5.74) is 6.96. The molecule has 1 heterocycles. The van der Waals surface area contributed by atoms with Gasteiger partial charge in [-0.2, -0.15) is 0 Å². The van der Waals surface area contributed by atoms with E-state index in [1.807, 2.05) is 24.3 Å². The first kappa shape index (κ1) is 22.5. The lowest BCUT2D eigenvalue weighted by molar-refractivity contribution is 0.573. The van der Waals surface area contributed by atoms with Crippen LogP contribution in [0.1, 0.15) is 48.1 Å². The summed E-state index contributed by atoms with van der Waals surface area (Å²) >= 11 is 0. The number of fused-ring (bicyclic) bond motifs is 1. The van der Waals surface area contributed by atoms with Crippen molar-refractivity contribution >= 4 is 22.4 Å². The second-order valence-electron chi connectivity index (χ2n) is 8.53. The quantitative estimate of drug-likeness (QED) is 0.373. The number of hydrogen-bond acceptors (Lipinski definition) is 1. The molecule has 0 spiro atoms. The first-order valence-electron chi connectivity index (χ1n) is 11.1. The highest BCUT2D eigenvalue weighted by Crippen LogP contribution is 2.36. The van der Waals surface area contributed by atoms with Gasteiger partial charge in [-0.15, -0.1) is 5.73 Å². The summed E-state index contributed by atoms with van der Waals surface area (Å²) in [7, 11) is -1.15. The molecular formula is C28H22F3NOS. The third kappa shape index (κ3) is 4.52. The molecule has 0 saturated carbocycles. The maximum Gasteiger partial charge on any atom is 0.131 e. The predicted molar refractivity (Wildman–Crippen MR) is 131 cm³/mol. The molecule has 2 unspecified atom stereocenters. The van der Waals surface area contributed by atoms with E-state index in [1.54, 1.807) is 25.1 Å². The number of allylic oxidation sites excluding steroid dienone is 4. The van der Waals surface area contributed by atoms with E-state index in [1.165, 1.54) is 24.3 Å². The number of halogens is 3. The first-order chi connectivity index (χ1) is 16.4. The SMILES string of the molecule is CC(CS(=O)C1=CC1)c1cc(F)c(C2=CCC=C=Cc3[nH]c(-c4ccc(F)cc4)cc32)cc1F. The molecule has 2 nitrogen and oxygen atoms in total. The Morgan fingerprint density at radius 2 is 1.79 bits per heavy atom. The zero-order valence-corrected chi connectivity index (χ0v) is 19.3. The summed E-state index contributed by atoms with van der Waals surface area (Å²) in [6.45, 7) is 1.77. The smallest absolute Gasteiger partial charge is 0.131 e. The maximum atomic E-state index is 15.4. The minimum atomic E-state index is -1.15. The number of aromatic nitrogens is 1. The standard InChI is InChI=1S/C28H22F3NOS/c1-17(16-34(33)20-11-12-20)22-13-26(31)23(14-25(22)30)21-5-3-2-4-6-27-24(21)15-28(32-27)18-7-9-19(29)10-8-18/h2,5-11,13-15,17,32H,3,12,16H2,1H3. The molecule has 172 valence electrons. The molecular weight excluding hydrogens is 455 g/mol. The van der Waals surface area contributed by atoms with Crippen molar-refractivity contribution in [3.63, 3.8) is 0 Å². The fourth-order valence-electron chi connectivity index (χ4n) is 4.14. The van der Waals surface area contributed by atoms with E-state index in [9.17, 15) is 8.60 Å². The average molecular weight is 478 g/mol. The summed E-state index contributed by atoms with van der Waals surface area (Å²) in [6.07, 6.45) is 8.56. The van der Waals surface area contributed by atoms with Crippen LogP contribution in [0.2, 0.25) is 0 Å². The van der Waals surface area contributed by atoms with Gasteiger partial charge in [-0.3, -0.25) is 4.21 Å². The summed E-state index contributed by atoms with van der Waals surface area (Å²) in [6, 6.07) is 10.4. The molecule has 2 aromatic carbocycles. The molecule has 0 bridgehead atoms. The second kappa shape index (κ2) is 9.13. The lowest BCUT2D eigenvalue weighted by Crippen LogP contribution is -2.09. The molecule has 2 atom stereocenters. The largest absolute Gasteiger partial charge is 0.354 e. The summed E-state index contributed by atoms with van der Waals surface area (Å²) < 4.78 is 56.2. The van der Waals surface area contributed by atoms with Crippen molar-refractivity contribution in [3.05, 3.63) is 111 Å². The normalized spacial score (nSPS) is 16.2. The third-order valence-electron chi connectivity index (χ3n) is 6.05. The fourth-order valence-corrected chi connectivity index (χ4v) is 5.44. The van der Waals surface area contributed by atoms with Gasteiger partial charge in [0.15, 0.2) is 0 Å². The Hall–Kier alpha value is -3.34. The van der Waals surface area contributed by atoms with Crippen LogP contribution in [-0.4, -0.2) is 14.9 Å². The Balaban J connectivity index is 1.53. The molecule has 1 aromatic heterocycles. The minimum absolute atomic E-state index is 0.161. The highest BCUT2D eigenvalue weighted by atomic mass is 32.2. The highest BCUT2D eigenvalue weighted by Gasteiger charge is 2.24. The van der Waals surface area contributed by atoms with Crippen LogP contribution in [0.15, 0.2) is 71.3 Å². The molecule has 5 rings (SSSR count). The van der Waals surface area contributed by atoms with Gasteiger partial charge in [0.25, 0.3) is 0 Å². The Kier molecular flexibility index (Phi) is 6.03. The van der Waals surface area contributed by atoms with Crippen LogP contribution in [-0.2, 0) is 10.8 Å². The van der Waals surface area contributed by atoms with Crippen LogP contribution in [0.3, 0.4) is 0 Å². The van der Waals surface area contributed by atoms with Gasteiger partial charge in [0.2, 0.25) is 0 Å². The van der Waals surface area contributed by atoms with Gasteiger partial charge < -0.3 is 4.98 Å². The molecule has 0 radical (unpaired) electrons. The number of benzene rings is 2. The maximum absolute atomic E-state index is 15.4. The fraction of sp³-hybridized carbons (Fsp3) is 0.179. The van der Waals surface area contributed by atoms with Gasteiger partial charge in [-0.1, -0.05) is 19.1 Å². The van der Waals surface area contributed by atoms with E-state index >= 15 is 8.78 Å². The van der Waals surface area contributed by atoms with Crippen molar-refractivity contribution < 1.29 is 17.4 Å². The first-order valence-corrected chi connectivity index (χ1v) is 12.4. The van der Waals surface area contributed by atoms with Gasteiger partial charge in [0.1, 0.15) is 17.5 Å². The monoisotopic (exact) mass is 477 g/mol. The number of rotatable bonds is 6. The second-order valence-corrected chi connectivity index (χ2v) is 10.1. The summed E-state index contributed by atoms with van der Waals surface area (Å²) in [4.78, 5) is 4.16. The lowest BCUT2D eigenvalue weighted by atomic mass is 9.92. The summed E-state index contributed by atoms with van der Waals surface area (Å²) in [5.74, 6) is -1.49. The Bertz CT molecular complexity index is 1420. The number of hydrogen-bond donors (Lipinski definition) is 1. The molecule has 2 aliphatic rings. The zero-order chi connectivity index (χ0) is 23.8. The minimum Gasteiger partial charge on any atom is -0.354 e. The molecule has 0 aliphatic heterocycles. The van der Waals surface area contributed by atoms with Crippen molar-refractivity contribution in [2.75, 3.05) is 5.75 Å². The van der Waals surface area contributed by atoms with Crippen LogP contribution in [0, 0.1) is 17.5 Å². The van der Waals surface area contributed by atoms with E-state index in [2.05, 4.69) is 10.7 Å². The van der Waals surface area contributed by atoms with Crippen LogP contribution in [0.4, 0.5) is 13.2 Å². The van der Waals surface area contributed by atoms with E-state index in [0.717, 1.165) is 22.6 Å². The van der Waals surface area contributed by atoms with Gasteiger partial charge in [-0.05, 0) is 84.0 Å². The molecule has 0 amide bonds. The Morgan fingerprint density at radius 3 is 2.53 bits per heavy atom. The van der Waals surface area contributed by atoms with Gasteiger partial charge >= 0.3 is 0 Å². The van der Waals surface area contributed by atoms with Crippen molar-refractivity contribution in [1.29, 1.82) is 0 Å². The van der Waals surface area contributed by atoms with E-state index < -0.39 is 22.4 Å². The molecule has 2 aliphatic carbocycles. The van der Waals surface area contributed by atoms with Crippen molar-refractivity contribution in [2.24, 2.45) is 0 Å². The van der Waals surface area contributed by atoms with Gasteiger partial charge in [0, 0.05) is 44.4 Å². The van der Waals surface area contributed by atoms with Crippen LogP contribution < -0.4 is 0 Å². The molecule has 1 N–H and O–H groups in total. The zero-order valence-electron chi connectivity index (χ0n) is 18.5. The Labute approximate surface area is 198 Å². The topological polar surface area (TPSA) is 32.9 Å². The molecule has 6 heteroatoms. The van der Waals surface area contributed by atoms with Crippen LogP contribution in [0.5, 0.6) is 0 Å². The van der Waals surface area contributed by atoms with Crippen molar-refractivity contribution in [2.45, 2.75) is 25.7 Å². The van der Waals surface area contributed by atoms with Crippen molar-refractivity contribution in [3.8, 4) is 11.3 Å². The van der Waals surface area contributed by atoms with Gasteiger partial charge in [0.05, 0.1) is 5.69 Å². The number of nitrogens with one attached hydrogen (secondary N) is 1. The number of aromatic amines is 1. The number of H-pyrrole nitrogens is 1. The third-order valence-corrected chi connectivity index (χ3v) is 7.77. The van der Waals surface area contributed by atoms with E-state index in [4.69, 9.17) is 0 Å². The lowest BCUT2D eigenvalue weighted by Gasteiger charge is -2.16. The van der Waals surface area contributed by atoms with Crippen LogP contribution in [0.25, 0.3) is 22.9 Å². The molecule has 0 saturated heterocycles. The van der Waals surface area contributed by atoms with E-state index in [0.29, 0.717) is 23.3 Å². The molecule has 0 fully saturated rings. The summed E-state index contributed by atoms with van der Waals surface area (Å²) in [5, 5.41) is 0. The van der Waals surface area contributed by atoms with Crippen molar-refractivity contribution in [1.82, 2.24) is 4.98 Å². The molecule has 34 heavy (non-hydrogen) atoms. The Morgan fingerprint density at radius 1 is 1.03 bits per heavy atom. The highest BCUT2D eigenvalue weighted by molar-refractivity contribution is 7.89. The van der Waals surface area contributed by atoms with Crippen LogP contribution >= 0.6 is 0 Å².